The fourth-order valence-corrected chi connectivity index (χ4v) is 17.2. The molecular formula is C67H89N5O3. The highest BCUT2D eigenvalue weighted by Crippen LogP contribution is 2.61. The number of carbonyl (C=O) groups is 2. The van der Waals surface area contributed by atoms with Crippen LogP contribution in [0.1, 0.15) is 150 Å². The number of hydrogen-bond acceptors (Lipinski definition) is 6. The van der Waals surface area contributed by atoms with Gasteiger partial charge in [-0.25, -0.2) is 4.79 Å². The molecule has 2 amide bonds. The first-order valence-corrected chi connectivity index (χ1v) is 30.4. The van der Waals surface area contributed by atoms with E-state index < -0.39 is 0 Å². The van der Waals surface area contributed by atoms with Gasteiger partial charge in [-0.2, -0.15) is 0 Å². The van der Waals surface area contributed by atoms with Crippen molar-refractivity contribution in [1.29, 1.82) is 0 Å². The zero-order valence-electron chi connectivity index (χ0n) is 45.8. The van der Waals surface area contributed by atoms with Crippen LogP contribution in [0.25, 0.3) is 11.1 Å². The molecule has 0 N–H and O–H groups in total. The maximum Gasteiger partial charge on any atom is 0.410 e. The number of ether oxygens (including phenoxy) is 1. The lowest BCUT2D eigenvalue weighted by atomic mass is 9.49. The highest BCUT2D eigenvalue weighted by molar-refractivity contribution is 5.84. The maximum atomic E-state index is 15.1. The molecule has 4 saturated heterocycles. The van der Waals surface area contributed by atoms with Crippen molar-refractivity contribution in [3.63, 3.8) is 0 Å². The van der Waals surface area contributed by atoms with Crippen molar-refractivity contribution in [3.05, 3.63) is 131 Å². The van der Waals surface area contributed by atoms with E-state index in [0.29, 0.717) is 41.4 Å². The normalized spacial score (nSPS) is 30.1. The van der Waals surface area contributed by atoms with E-state index in [-0.39, 0.29) is 23.7 Å². The molecule has 4 heterocycles. The molecule has 9 fully saturated rings. The Bertz CT molecular complexity index is 2490. The molecule has 8 heteroatoms. The predicted molar refractivity (Wildman–Crippen MR) is 302 cm³/mol. The van der Waals surface area contributed by atoms with Gasteiger partial charge in [0.25, 0.3) is 0 Å². The smallest absolute Gasteiger partial charge is 0.410 e. The van der Waals surface area contributed by atoms with E-state index in [1.54, 1.807) is 0 Å². The third kappa shape index (κ3) is 11.7. The Morgan fingerprint density at radius 3 is 1.73 bits per heavy atom. The van der Waals surface area contributed by atoms with E-state index in [9.17, 15) is 4.79 Å². The van der Waals surface area contributed by atoms with E-state index in [4.69, 9.17) is 4.74 Å². The molecule has 9 aliphatic rings. The third-order valence-corrected chi connectivity index (χ3v) is 20.5. The predicted octanol–water partition coefficient (Wildman–Crippen LogP) is 13.1. The van der Waals surface area contributed by atoms with Crippen LogP contribution in [-0.4, -0.2) is 121 Å². The molecular weight excluding hydrogens is 923 g/mol. The van der Waals surface area contributed by atoms with Crippen LogP contribution in [0, 0.1) is 40.9 Å². The number of benzene rings is 4. The Labute approximate surface area is 450 Å². The molecule has 4 aliphatic heterocycles. The molecule has 4 bridgehead atoms. The summed E-state index contributed by atoms with van der Waals surface area (Å²) in [6.07, 6.45) is 18.2. The van der Waals surface area contributed by atoms with Crippen molar-refractivity contribution in [2.75, 3.05) is 72.0 Å². The second kappa shape index (κ2) is 22.8. The van der Waals surface area contributed by atoms with Gasteiger partial charge in [-0.3, -0.25) is 9.69 Å². The zero-order valence-corrected chi connectivity index (χ0v) is 45.8. The molecule has 2 unspecified atom stereocenters. The van der Waals surface area contributed by atoms with Gasteiger partial charge >= 0.3 is 6.09 Å². The van der Waals surface area contributed by atoms with Gasteiger partial charge in [0.2, 0.25) is 5.91 Å². The number of rotatable bonds is 15. The van der Waals surface area contributed by atoms with E-state index in [0.717, 1.165) is 128 Å². The van der Waals surface area contributed by atoms with Crippen LogP contribution < -0.4 is 0 Å². The minimum Gasteiger partial charge on any atom is -0.447 e. The molecule has 5 aliphatic carbocycles. The third-order valence-electron chi connectivity index (χ3n) is 20.5. The lowest BCUT2D eigenvalue weighted by Crippen LogP contribution is -2.54. The van der Waals surface area contributed by atoms with Crippen LogP contribution in [0.15, 0.2) is 109 Å². The molecule has 0 spiro atoms. The highest BCUT2D eigenvalue weighted by Gasteiger charge is 2.57. The van der Waals surface area contributed by atoms with Gasteiger partial charge in [0.15, 0.2) is 0 Å². The average molecular weight is 1010 g/mol. The van der Waals surface area contributed by atoms with E-state index in [2.05, 4.69) is 134 Å². The Morgan fingerprint density at radius 2 is 1.13 bits per heavy atom. The van der Waals surface area contributed by atoms with Gasteiger partial charge < -0.3 is 24.3 Å². The molecule has 0 aromatic heterocycles. The van der Waals surface area contributed by atoms with Crippen LogP contribution in [0.3, 0.4) is 0 Å². The molecule has 4 aromatic carbocycles. The second-order valence-electron chi connectivity index (χ2n) is 26.2. The quantitative estimate of drug-likeness (QED) is 0.118. The maximum absolute atomic E-state index is 15.1. The van der Waals surface area contributed by atoms with Crippen LogP contribution in [0.2, 0.25) is 0 Å². The molecule has 0 radical (unpaired) electrons. The van der Waals surface area contributed by atoms with Crippen LogP contribution in [0.5, 0.6) is 0 Å². The van der Waals surface area contributed by atoms with Gasteiger partial charge in [0.1, 0.15) is 0 Å². The number of carbonyl (C=O) groups excluding carboxylic acids is 2. The number of likely N-dealkylation sites (tertiary alicyclic amines) is 4. The first-order valence-electron chi connectivity index (χ1n) is 30.4. The van der Waals surface area contributed by atoms with Crippen molar-refractivity contribution < 1.29 is 14.3 Å². The van der Waals surface area contributed by atoms with Gasteiger partial charge in [-0.1, -0.05) is 128 Å². The van der Waals surface area contributed by atoms with E-state index >= 15 is 4.79 Å². The second-order valence-corrected chi connectivity index (χ2v) is 26.2. The van der Waals surface area contributed by atoms with E-state index in [1.807, 2.05) is 13.8 Å². The summed E-state index contributed by atoms with van der Waals surface area (Å²) < 4.78 is 5.89. The lowest BCUT2D eigenvalue weighted by molar-refractivity contribution is -0.156. The average Bonchev–Trinajstić information content (AvgIpc) is 4.07. The summed E-state index contributed by atoms with van der Waals surface area (Å²) in [5.41, 5.74) is 8.24. The van der Waals surface area contributed by atoms with Gasteiger partial charge in [-0.15, -0.1) is 0 Å². The number of piperidine rings is 2. The minimum atomic E-state index is -0.103. The van der Waals surface area contributed by atoms with Crippen molar-refractivity contribution in [1.82, 2.24) is 24.5 Å². The van der Waals surface area contributed by atoms with Crippen molar-refractivity contribution in [3.8, 4) is 11.1 Å². The summed E-state index contributed by atoms with van der Waals surface area (Å²) in [4.78, 5) is 41.4. The molecule has 4 aromatic rings. The van der Waals surface area contributed by atoms with Gasteiger partial charge in [0.05, 0.1) is 11.5 Å². The van der Waals surface area contributed by atoms with Crippen molar-refractivity contribution >= 4 is 12.0 Å². The fraction of sp³-hybridized carbons (Fsp3) is 0.612. The van der Waals surface area contributed by atoms with Crippen LogP contribution >= 0.6 is 0 Å². The minimum absolute atomic E-state index is 0.102. The Kier molecular flexibility index (Phi) is 15.6. The largest absolute Gasteiger partial charge is 0.447 e. The number of amides is 2. The molecule has 13 rings (SSSR count). The van der Waals surface area contributed by atoms with Crippen molar-refractivity contribution in [2.45, 2.75) is 147 Å². The summed E-state index contributed by atoms with van der Waals surface area (Å²) in [6.45, 7) is 16.1. The van der Waals surface area contributed by atoms with Crippen LogP contribution in [-0.2, 0) is 16.1 Å². The summed E-state index contributed by atoms with van der Waals surface area (Å²) >= 11 is 0. The molecule has 8 nitrogen and oxygen atoms in total. The lowest BCUT2D eigenvalue weighted by Gasteiger charge is -2.56. The Hall–Kier alpha value is -4.50. The first-order chi connectivity index (χ1) is 36.7. The summed E-state index contributed by atoms with van der Waals surface area (Å²) in [6, 6.07) is 41.6. The first kappa shape index (κ1) is 51.3. The standard InChI is InChI=1S/C67H89N5O3/c1-48(2)75-66(74)72(41-50-16-8-4-9-17-50)62-26-30-69(31-27-62)42-60-44-70(40-49-14-6-3-7-15-49)46-63(60)58-22-12-20-56(35-58)57-21-13-23-59(36-57)64-47-71(65(73)67-37-51-32-52(38-67)34-53(33-51)39-67)45-61(64)43-68-28-24-55(25-29-68)54-18-10-5-11-19-54/h3,5-7,10-15,18-23,35-36,48,50-53,55,60-64H,4,8-9,16-17,24-34,37-47H2,1-2H3/t51?,52?,53?,60?,61-,63?,64+,67?/m0/s1. The summed E-state index contributed by atoms with van der Waals surface area (Å²) in [5, 5.41) is 0. The van der Waals surface area contributed by atoms with Gasteiger partial charge in [-0.05, 0) is 179 Å². The van der Waals surface area contributed by atoms with E-state index in [1.165, 1.54) is 97.6 Å². The van der Waals surface area contributed by atoms with Crippen LogP contribution in [0.4, 0.5) is 4.79 Å². The molecule has 4 atom stereocenters. The Morgan fingerprint density at radius 1 is 0.587 bits per heavy atom. The fourth-order valence-electron chi connectivity index (χ4n) is 17.2. The monoisotopic (exact) mass is 1010 g/mol. The van der Waals surface area contributed by atoms with Crippen molar-refractivity contribution in [2.24, 2.45) is 40.9 Å². The topological polar surface area (TPSA) is 59.6 Å². The molecule has 400 valence electrons. The SMILES string of the molecule is CC(C)OC(=O)N(CC1CCCCC1)C1CCN(CC2CN(Cc3ccccc3)CC2c2cccc(-c3cccc([C@H]4CN(C(=O)C56CC7CC(CC(C7)C5)C6)C[C@@H]4CN4CCC(c5ccccc5)CC4)c3)c2)CC1. The number of hydrogen-bond donors (Lipinski definition) is 0. The zero-order chi connectivity index (χ0) is 50.9. The number of nitrogens with zero attached hydrogens (tertiary/aromatic N) is 5. The van der Waals surface area contributed by atoms with Gasteiger partial charge in [0, 0.05) is 83.3 Å². The Balaban J connectivity index is 0.764. The molecule has 5 saturated carbocycles. The summed E-state index contributed by atoms with van der Waals surface area (Å²) in [7, 11) is 0. The summed E-state index contributed by atoms with van der Waals surface area (Å²) in [5.74, 6) is 5.74. The molecule has 75 heavy (non-hydrogen) atoms. The highest BCUT2D eigenvalue weighted by atomic mass is 16.6.